The second-order valence-electron chi connectivity index (χ2n) is 6.48. The maximum Gasteiger partial charge on any atom is 0.230 e. The molecule has 0 radical (unpaired) electrons. The summed E-state index contributed by atoms with van der Waals surface area (Å²) in [4.78, 5) is 12.4. The second-order valence-corrected chi connectivity index (χ2v) is 7.43. The van der Waals surface area contributed by atoms with Gasteiger partial charge < -0.3 is 10.1 Å². The van der Waals surface area contributed by atoms with Crippen molar-refractivity contribution in [3.63, 3.8) is 0 Å². The molecule has 0 aliphatic carbocycles. The molecule has 28 heavy (non-hydrogen) atoms. The van der Waals surface area contributed by atoms with Crippen molar-refractivity contribution in [2.75, 3.05) is 12.9 Å². The first kappa shape index (κ1) is 19.9. The number of benzene rings is 2. The van der Waals surface area contributed by atoms with Crippen molar-refractivity contribution in [3.05, 3.63) is 59.2 Å². The van der Waals surface area contributed by atoms with Crippen molar-refractivity contribution in [2.45, 2.75) is 32.0 Å². The Morgan fingerprint density at radius 1 is 1.25 bits per heavy atom. The van der Waals surface area contributed by atoms with E-state index in [4.69, 9.17) is 4.74 Å². The zero-order valence-electron chi connectivity index (χ0n) is 16.3. The number of aromatic nitrogens is 4. The molecule has 3 rings (SSSR count). The van der Waals surface area contributed by atoms with Gasteiger partial charge in [0.25, 0.3) is 0 Å². The van der Waals surface area contributed by atoms with Crippen LogP contribution in [0.25, 0.3) is 5.69 Å². The monoisotopic (exact) mass is 397 g/mol. The molecule has 8 heteroatoms. The fraction of sp³-hybridized carbons (Fsp3) is 0.300. The number of carbonyl (C=O) groups excluding carboxylic acids is 1. The van der Waals surface area contributed by atoms with Crippen LogP contribution in [0.4, 0.5) is 0 Å². The van der Waals surface area contributed by atoms with Crippen LogP contribution in [0.1, 0.15) is 29.7 Å². The maximum absolute atomic E-state index is 12.4. The highest BCUT2D eigenvalue weighted by atomic mass is 32.2. The highest BCUT2D eigenvalue weighted by molar-refractivity contribution is 7.99. The lowest BCUT2D eigenvalue weighted by Gasteiger charge is -2.17. The molecule has 0 fully saturated rings. The van der Waals surface area contributed by atoms with Gasteiger partial charge in [0, 0.05) is 5.56 Å². The maximum atomic E-state index is 12.4. The Kier molecular flexibility index (Phi) is 6.30. The molecule has 1 atom stereocenters. The molecular weight excluding hydrogens is 374 g/mol. The minimum atomic E-state index is -0.167. The number of amides is 1. The van der Waals surface area contributed by atoms with Gasteiger partial charge in [-0.2, -0.15) is 4.68 Å². The first-order chi connectivity index (χ1) is 13.5. The van der Waals surface area contributed by atoms with Gasteiger partial charge >= 0.3 is 0 Å². The summed E-state index contributed by atoms with van der Waals surface area (Å²) in [6, 6.07) is 13.6. The molecule has 1 heterocycles. The highest BCUT2D eigenvalue weighted by Crippen LogP contribution is 2.25. The van der Waals surface area contributed by atoms with Gasteiger partial charge in [-0.25, -0.2) is 0 Å². The fourth-order valence-electron chi connectivity index (χ4n) is 2.98. The van der Waals surface area contributed by atoms with E-state index in [1.165, 1.54) is 17.3 Å². The molecular formula is C20H23N5O2S. The molecule has 2 aromatic carbocycles. The Bertz CT molecular complexity index is 973. The minimum Gasteiger partial charge on any atom is -0.496 e. The molecule has 0 saturated heterocycles. The van der Waals surface area contributed by atoms with Crippen LogP contribution in [0.3, 0.4) is 0 Å². The molecule has 1 N–H and O–H groups in total. The summed E-state index contributed by atoms with van der Waals surface area (Å²) in [5.41, 5.74) is 4.08. The van der Waals surface area contributed by atoms with Gasteiger partial charge in [0.1, 0.15) is 5.75 Å². The average molecular weight is 398 g/mol. The third-order valence-corrected chi connectivity index (χ3v) is 5.26. The third-order valence-electron chi connectivity index (χ3n) is 4.34. The number of rotatable bonds is 7. The lowest BCUT2D eigenvalue weighted by molar-refractivity contribution is -0.119. The van der Waals surface area contributed by atoms with Gasteiger partial charge in [0.2, 0.25) is 11.1 Å². The topological polar surface area (TPSA) is 81.9 Å². The van der Waals surface area contributed by atoms with Crippen LogP contribution in [-0.2, 0) is 4.79 Å². The summed E-state index contributed by atoms with van der Waals surface area (Å²) in [6.07, 6.45) is 0. The van der Waals surface area contributed by atoms with Crippen molar-refractivity contribution >= 4 is 17.7 Å². The van der Waals surface area contributed by atoms with Crippen LogP contribution in [0.2, 0.25) is 0 Å². The molecule has 0 spiro atoms. The van der Waals surface area contributed by atoms with Crippen LogP contribution in [0.5, 0.6) is 5.75 Å². The average Bonchev–Trinajstić information content (AvgIpc) is 3.14. The molecule has 0 bridgehead atoms. The molecule has 0 aliphatic rings. The summed E-state index contributed by atoms with van der Waals surface area (Å²) in [7, 11) is 1.62. The zero-order valence-corrected chi connectivity index (χ0v) is 17.2. The Labute approximate surface area is 168 Å². The van der Waals surface area contributed by atoms with Gasteiger partial charge in [0.05, 0.1) is 24.6 Å². The normalized spacial score (nSPS) is 11.9. The van der Waals surface area contributed by atoms with Crippen molar-refractivity contribution in [3.8, 4) is 11.4 Å². The van der Waals surface area contributed by atoms with Crippen LogP contribution >= 0.6 is 11.8 Å². The van der Waals surface area contributed by atoms with Gasteiger partial charge in [0.15, 0.2) is 0 Å². The summed E-state index contributed by atoms with van der Waals surface area (Å²) in [5.74, 6) is 0.866. The fourth-order valence-corrected chi connectivity index (χ4v) is 3.67. The van der Waals surface area contributed by atoms with E-state index in [0.717, 1.165) is 22.6 Å². The van der Waals surface area contributed by atoms with Crippen molar-refractivity contribution < 1.29 is 9.53 Å². The first-order valence-electron chi connectivity index (χ1n) is 8.90. The van der Waals surface area contributed by atoms with E-state index in [-0.39, 0.29) is 17.7 Å². The van der Waals surface area contributed by atoms with Crippen LogP contribution < -0.4 is 10.1 Å². The number of nitrogens with one attached hydrogen (secondary N) is 1. The Hall–Kier alpha value is -2.87. The summed E-state index contributed by atoms with van der Waals surface area (Å²) >= 11 is 1.30. The Morgan fingerprint density at radius 2 is 2.04 bits per heavy atom. The van der Waals surface area contributed by atoms with Crippen molar-refractivity contribution in [1.82, 2.24) is 25.5 Å². The molecule has 1 unspecified atom stereocenters. The molecule has 3 aromatic rings. The summed E-state index contributed by atoms with van der Waals surface area (Å²) in [6.45, 7) is 5.99. The summed E-state index contributed by atoms with van der Waals surface area (Å²) in [5, 5.41) is 15.5. The molecule has 7 nitrogen and oxygen atoms in total. The first-order valence-corrected chi connectivity index (χ1v) is 9.89. The predicted octanol–water partition coefficient (Wildman–Crippen LogP) is 3.26. The number of methoxy groups -OCH3 is 1. The lowest BCUT2D eigenvalue weighted by Crippen LogP contribution is -2.28. The van der Waals surface area contributed by atoms with E-state index >= 15 is 0 Å². The number of para-hydroxylation sites is 1. The quantitative estimate of drug-likeness (QED) is 0.616. The van der Waals surface area contributed by atoms with Gasteiger partial charge in [-0.05, 0) is 48.9 Å². The van der Waals surface area contributed by atoms with E-state index in [0.29, 0.717) is 5.16 Å². The van der Waals surface area contributed by atoms with E-state index < -0.39 is 0 Å². The number of aryl methyl sites for hydroxylation is 2. The zero-order chi connectivity index (χ0) is 20.1. The van der Waals surface area contributed by atoms with Crippen LogP contribution in [0.15, 0.2) is 47.6 Å². The van der Waals surface area contributed by atoms with E-state index in [2.05, 4.69) is 26.9 Å². The van der Waals surface area contributed by atoms with Crippen LogP contribution in [-0.4, -0.2) is 39.0 Å². The molecule has 0 saturated carbocycles. The van der Waals surface area contributed by atoms with Gasteiger partial charge in [-0.15, -0.1) is 5.10 Å². The number of hydrogen-bond acceptors (Lipinski definition) is 6. The summed E-state index contributed by atoms with van der Waals surface area (Å²) < 4.78 is 7.03. The van der Waals surface area contributed by atoms with E-state index in [1.807, 2.05) is 57.2 Å². The smallest absolute Gasteiger partial charge is 0.230 e. The minimum absolute atomic E-state index is 0.0985. The van der Waals surface area contributed by atoms with Gasteiger partial charge in [-0.1, -0.05) is 47.7 Å². The van der Waals surface area contributed by atoms with Gasteiger partial charge in [-0.3, -0.25) is 4.79 Å². The second kappa shape index (κ2) is 8.88. The standard InChI is InChI=1S/C20H23N5O2S/c1-13-9-10-17(14(2)11-13)25-20(22-23-24-25)28-12-19(26)21-15(3)16-7-5-6-8-18(16)27-4/h5-11,15H,12H2,1-4H3,(H,21,26). The van der Waals surface area contributed by atoms with Crippen molar-refractivity contribution in [2.24, 2.45) is 0 Å². The number of thioether (sulfide) groups is 1. The largest absolute Gasteiger partial charge is 0.496 e. The van der Waals surface area contributed by atoms with E-state index in [9.17, 15) is 4.79 Å². The van der Waals surface area contributed by atoms with Crippen molar-refractivity contribution in [1.29, 1.82) is 0 Å². The molecule has 146 valence electrons. The number of nitrogens with zero attached hydrogens (tertiary/aromatic N) is 4. The Balaban J connectivity index is 1.65. The third kappa shape index (κ3) is 4.51. The highest BCUT2D eigenvalue weighted by Gasteiger charge is 2.16. The number of hydrogen-bond donors (Lipinski definition) is 1. The SMILES string of the molecule is COc1ccccc1C(C)NC(=O)CSc1nnnn1-c1ccc(C)cc1C. The number of carbonyl (C=O) groups is 1. The van der Waals surface area contributed by atoms with E-state index in [1.54, 1.807) is 11.8 Å². The van der Waals surface area contributed by atoms with Crippen LogP contribution in [0, 0.1) is 13.8 Å². The number of ether oxygens (including phenoxy) is 1. The molecule has 1 amide bonds. The molecule has 0 aliphatic heterocycles. The number of tetrazole rings is 1. The predicted molar refractivity (Wildman–Crippen MR) is 109 cm³/mol. The Morgan fingerprint density at radius 3 is 2.79 bits per heavy atom. The molecule has 1 aromatic heterocycles. The lowest BCUT2D eigenvalue weighted by atomic mass is 10.1.